The predicted octanol–water partition coefficient (Wildman–Crippen LogP) is 2.08. The summed E-state index contributed by atoms with van der Waals surface area (Å²) in [6.07, 6.45) is 2.67. The molecule has 1 atom stereocenters. The molecule has 2 heterocycles. The lowest BCUT2D eigenvalue weighted by molar-refractivity contribution is 0.00553. The molecule has 0 bridgehead atoms. The molecule has 1 fully saturated rings. The molecule has 0 aliphatic carbocycles. The Morgan fingerprint density at radius 2 is 2.00 bits per heavy atom. The molecule has 0 amide bonds. The van der Waals surface area contributed by atoms with Gasteiger partial charge in [0, 0.05) is 71.4 Å². The van der Waals surface area contributed by atoms with Crippen molar-refractivity contribution in [1.82, 2.24) is 14.4 Å². The Morgan fingerprint density at radius 3 is 2.77 bits per heavy atom. The van der Waals surface area contributed by atoms with Crippen LogP contribution in [0.5, 0.6) is 5.75 Å². The fourth-order valence-electron chi connectivity index (χ4n) is 4.05. The predicted molar refractivity (Wildman–Crippen MR) is 122 cm³/mol. The Balaban J connectivity index is 1.61. The summed E-state index contributed by atoms with van der Waals surface area (Å²) in [4.78, 5) is 4.62. The van der Waals surface area contributed by atoms with Crippen LogP contribution in [-0.2, 0) is 22.6 Å². The third kappa shape index (κ3) is 7.94. The molecule has 1 unspecified atom stereocenters. The van der Waals surface area contributed by atoms with Crippen LogP contribution in [0, 0.1) is 0 Å². The molecule has 3 rings (SSSR count). The van der Waals surface area contributed by atoms with E-state index in [1.807, 2.05) is 12.1 Å². The van der Waals surface area contributed by atoms with Crippen molar-refractivity contribution in [2.75, 3.05) is 66.8 Å². The van der Waals surface area contributed by atoms with Gasteiger partial charge in [0.25, 0.3) is 0 Å². The summed E-state index contributed by atoms with van der Waals surface area (Å²) in [5.74, 6) is 0.874. The second-order valence-electron chi connectivity index (χ2n) is 8.13. The van der Waals surface area contributed by atoms with E-state index in [0.29, 0.717) is 13.1 Å². The number of morpholine rings is 1. The normalized spacial score (nSPS) is 16.0. The number of hydrogen-bond acceptors (Lipinski definition) is 6. The van der Waals surface area contributed by atoms with E-state index in [-0.39, 0.29) is 6.10 Å². The lowest BCUT2D eigenvalue weighted by Crippen LogP contribution is -2.44. The molecule has 1 aromatic carbocycles. The van der Waals surface area contributed by atoms with Gasteiger partial charge in [0.1, 0.15) is 5.75 Å². The van der Waals surface area contributed by atoms with E-state index in [2.05, 4.69) is 44.8 Å². The minimum Gasteiger partial charge on any atom is -0.497 e. The number of rotatable bonds is 13. The molecule has 1 N–H and O–H groups in total. The SMILES string of the molecule is COCCCN(Cc1cccn1Cc1cccc(OC)c1)CC(O)CN1CCOCC1. The second kappa shape index (κ2) is 12.8. The van der Waals surface area contributed by atoms with Crippen LogP contribution in [0.1, 0.15) is 17.7 Å². The summed E-state index contributed by atoms with van der Waals surface area (Å²) in [5, 5.41) is 10.7. The average molecular weight is 432 g/mol. The number of β-amino-alcohol motifs (C(OH)–C–C–N with tert-alkyl or cyclic N) is 1. The summed E-state index contributed by atoms with van der Waals surface area (Å²) in [5.41, 5.74) is 2.44. The summed E-state index contributed by atoms with van der Waals surface area (Å²) in [7, 11) is 3.43. The van der Waals surface area contributed by atoms with E-state index >= 15 is 0 Å². The van der Waals surface area contributed by atoms with Gasteiger partial charge in [-0.05, 0) is 36.2 Å². The number of nitrogens with zero attached hydrogens (tertiary/aromatic N) is 3. The minimum absolute atomic E-state index is 0.387. The van der Waals surface area contributed by atoms with E-state index in [9.17, 15) is 5.11 Å². The van der Waals surface area contributed by atoms with Crippen LogP contribution in [0.4, 0.5) is 0 Å². The van der Waals surface area contributed by atoms with Crippen LogP contribution in [0.15, 0.2) is 42.6 Å². The first kappa shape index (κ1) is 23.8. The summed E-state index contributed by atoms with van der Waals surface area (Å²) in [6, 6.07) is 12.4. The van der Waals surface area contributed by atoms with Crippen LogP contribution < -0.4 is 4.74 Å². The fraction of sp³-hybridized carbons (Fsp3) is 0.583. The Bertz CT molecular complexity index is 761. The number of methoxy groups -OCH3 is 2. The van der Waals surface area contributed by atoms with Gasteiger partial charge >= 0.3 is 0 Å². The van der Waals surface area contributed by atoms with Crippen molar-refractivity contribution >= 4 is 0 Å². The van der Waals surface area contributed by atoms with Crippen LogP contribution in [0.3, 0.4) is 0 Å². The quantitative estimate of drug-likeness (QED) is 0.490. The van der Waals surface area contributed by atoms with E-state index in [4.69, 9.17) is 14.2 Å². The van der Waals surface area contributed by atoms with Crippen molar-refractivity contribution in [2.24, 2.45) is 0 Å². The van der Waals surface area contributed by atoms with Crippen molar-refractivity contribution < 1.29 is 19.3 Å². The van der Waals surface area contributed by atoms with Crippen LogP contribution >= 0.6 is 0 Å². The van der Waals surface area contributed by atoms with E-state index in [1.165, 1.54) is 11.3 Å². The van der Waals surface area contributed by atoms with Crippen molar-refractivity contribution in [1.29, 1.82) is 0 Å². The van der Waals surface area contributed by atoms with Gasteiger partial charge in [-0.2, -0.15) is 0 Å². The highest BCUT2D eigenvalue weighted by molar-refractivity contribution is 5.29. The monoisotopic (exact) mass is 431 g/mol. The minimum atomic E-state index is -0.387. The first-order valence-corrected chi connectivity index (χ1v) is 11.1. The molecular weight excluding hydrogens is 394 g/mol. The van der Waals surface area contributed by atoms with Gasteiger partial charge in [-0.25, -0.2) is 0 Å². The van der Waals surface area contributed by atoms with Gasteiger partial charge in [0.05, 0.1) is 26.4 Å². The molecular formula is C24H37N3O4. The maximum Gasteiger partial charge on any atom is 0.119 e. The van der Waals surface area contributed by atoms with Gasteiger partial charge in [0.2, 0.25) is 0 Å². The topological polar surface area (TPSA) is 59.3 Å². The number of ether oxygens (including phenoxy) is 3. The van der Waals surface area contributed by atoms with Crippen LogP contribution in [-0.4, -0.2) is 92.3 Å². The summed E-state index contributed by atoms with van der Waals surface area (Å²) < 4.78 is 18.3. The van der Waals surface area contributed by atoms with Gasteiger partial charge < -0.3 is 23.9 Å². The molecule has 2 aromatic rings. The number of hydrogen-bond donors (Lipinski definition) is 1. The van der Waals surface area contributed by atoms with Crippen LogP contribution in [0.25, 0.3) is 0 Å². The van der Waals surface area contributed by atoms with Gasteiger partial charge in [-0.1, -0.05) is 12.1 Å². The number of benzene rings is 1. The van der Waals surface area contributed by atoms with Crippen molar-refractivity contribution in [3.05, 3.63) is 53.9 Å². The highest BCUT2D eigenvalue weighted by Gasteiger charge is 2.18. The van der Waals surface area contributed by atoms with Gasteiger partial charge in [-0.15, -0.1) is 0 Å². The second-order valence-corrected chi connectivity index (χ2v) is 8.13. The number of aromatic nitrogens is 1. The first-order chi connectivity index (χ1) is 15.2. The molecule has 31 heavy (non-hydrogen) atoms. The zero-order chi connectivity index (χ0) is 21.9. The zero-order valence-corrected chi connectivity index (χ0v) is 18.9. The lowest BCUT2D eigenvalue weighted by atomic mass is 10.2. The lowest BCUT2D eigenvalue weighted by Gasteiger charge is -2.31. The van der Waals surface area contributed by atoms with E-state index < -0.39 is 0 Å². The Hall–Kier alpha value is -1.90. The van der Waals surface area contributed by atoms with Crippen molar-refractivity contribution in [3.63, 3.8) is 0 Å². The summed E-state index contributed by atoms with van der Waals surface area (Å²) in [6.45, 7) is 7.82. The summed E-state index contributed by atoms with van der Waals surface area (Å²) >= 11 is 0. The Labute approximate surface area is 186 Å². The van der Waals surface area contributed by atoms with E-state index in [1.54, 1.807) is 14.2 Å². The molecule has 1 aliphatic heterocycles. The molecule has 0 spiro atoms. The Morgan fingerprint density at radius 1 is 1.16 bits per heavy atom. The van der Waals surface area contributed by atoms with Gasteiger partial charge in [-0.3, -0.25) is 9.80 Å². The molecule has 1 aromatic heterocycles. The Kier molecular flexibility index (Phi) is 9.84. The first-order valence-electron chi connectivity index (χ1n) is 11.1. The molecule has 7 nitrogen and oxygen atoms in total. The third-order valence-electron chi connectivity index (χ3n) is 5.66. The number of aliphatic hydroxyl groups is 1. The fourth-order valence-corrected chi connectivity index (χ4v) is 4.05. The van der Waals surface area contributed by atoms with Crippen molar-refractivity contribution in [3.8, 4) is 5.75 Å². The zero-order valence-electron chi connectivity index (χ0n) is 18.9. The smallest absolute Gasteiger partial charge is 0.119 e. The van der Waals surface area contributed by atoms with E-state index in [0.717, 1.165) is 64.7 Å². The molecule has 0 radical (unpaired) electrons. The average Bonchev–Trinajstić information content (AvgIpc) is 3.21. The highest BCUT2D eigenvalue weighted by atomic mass is 16.5. The molecule has 1 saturated heterocycles. The standard InChI is InChI=1S/C24H37N3O4/c1-29-13-5-9-26(20-23(28)19-25-11-14-31-15-12-25)18-22-7-4-10-27(22)17-21-6-3-8-24(16-21)30-2/h3-4,6-8,10,16,23,28H,5,9,11-15,17-20H2,1-2H3. The molecule has 172 valence electrons. The van der Waals surface area contributed by atoms with Crippen LogP contribution in [0.2, 0.25) is 0 Å². The largest absolute Gasteiger partial charge is 0.497 e. The maximum absolute atomic E-state index is 10.7. The highest BCUT2D eigenvalue weighted by Crippen LogP contribution is 2.16. The number of aliphatic hydroxyl groups excluding tert-OH is 1. The van der Waals surface area contributed by atoms with Gasteiger partial charge in [0.15, 0.2) is 0 Å². The third-order valence-corrected chi connectivity index (χ3v) is 5.66. The maximum atomic E-state index is 10.7. The molecule has 1 aliphatic rings. The molecule has 7 heteroatoms. The molecule has 0 saturated carbocycles. The van der Waals surface area contributed by atoms with Crippen molar-refractivity contribution in [2.45, 2.75) is 25.6 Å².